The number of hydrogen-bond acceptors (Lipinski definition) is 6. The van der Waals surface area contributed by atoms with E-state index in [-0.39, 0.29) is 37.5 Å². The zero-order chi connectivity index (χ0) is 29.1. The fourth-order valence-electron chi connectivity index (χ4n) is 5.80. The molecule has 0 spiro atoms. The van der Waals surface area contributed by atoms with Gasteiger partial charge in [0.1, 0.15) is 12.2 Å². The molecular formula is C32H32N6O3S. The van der Waals surface area contributed by atoms with Crippen molar-refractivity contribution in [2.75, 3.05) is 19.6 Å². The second-order valence-electron chi connectivity index (χ2n) is 10.4. The minimum atomic E-state index is -0.698. The first-order valence-electron chi connectivity index (χ1n) is 13.9. The quantitative estimate of drug-likeness (QED) is 0.302. The predicted octanol–water partition coefficient (Wildman–Crippen LogP) is 4.03. The number of fused-ring (bicyclic) bond motifs is 2. The van der Waals surface area contributed by atoms with Crippen molar-refractivity contribution in [3.63, 3.8) is 0 Å². The number of piperazine rings is 1. The molecule has 3 heterocycles. The van der Waals surface area contributed by atoms with Crippen LogP contribution >= 0.6 is 11.3 Å². The second-order valence-corrected chi connectivity index (χ2v) is 11.3. The molecule has 0 unspecified atom stereocenters. The summed E-state index contributed by atoms with van der Waals surface area (Å²) in [7, 11) is 0. The van der Waals surface area contributed by atoms with Gasteiger partial charge in [-0.2, -0.15) is 5.01 Å². The Labute approximate surface area is 248 Å². The van der Waals surface area contributed by atoms with Gasteiger partial charge in [0.25, 0.3) is 0 Å². The lowest BCUT2D eigenvalue weighted by Gasteiger charge is -2.46. The molecule has 2 fully saturated rings. The third kappa shape index (κ3) is 5.50. The van der Waals surface area contributed by atoms with E-state index in [2.05, 4.69) is 16.9 Å². The van der Waals surface area contributed by atoms with Gasteiger partial charge >= 0.3 is 6.03 Å². The number of para-hydroxylation sites is 1. The molecule has 2 aliphatic heterocycles. The van der Waals surface area contributed by atoms with Crippen molar-refractivity contribution in [3.8, 4) is 0 Å². The molecule has 1 aromatic heterocycles. The number of nitrogens with one attached hydrogen (secondary N) is 1. The number of thiazole rings is 1. The lowest BCUT2D eigenvalue weighted by Crippen LogP contribution is -2.66. The topological polar surface area (TPSA) is 89.1 Å². The molecule has 2 aliphatic rings. The number of carbonyl (C=O) groups is 3. The SMILES string of the molecule is C=CCN(C(=O)NCc1ccccc1)N1CC(=O)N2[C@@H](Cc3ccccc3)C(=O)N(Cc3cccc4scnc34)C[C@@H]21. The summed E-state index contributed by atoms with van der Waals surface area (Å²) in [6.07, 6.45) is 1.51. The normalized spacial score (nSPS) is 18.8. The van der Waals surface area contributed by atoms with Crippen molar-refractivity contribution in [2.24, 2.45) is 0 Å². The standard InChI is InChI=1S/C32H32N6O3S/c1-2-16-36(32(41)33-18-24-12-7-4-8-13-24)37-21-29(39)38-26(17-23-10-5-3-6-11-23)31(40)35(20-28(37)38)19-25-14-9-15-27-30(25)34-22-42-27/h2-15,22,26,28H,1,16-21H2,(H,33,41)/t26-,28+/m0/s1. The van der Waals surface area contributed by atoms with Crippen LogP contribution in [0.5, 0.6) is 0 Å². The van der Waals surface area contributed by atoms with Crippen molar-refractivity contribution in [1.29, 1.82) is 0 Å². The van der Waals surface area contributed by atoms with E-state index in [9.17, 15) is 14.4 Å². The first-order valence-corrected chi connectivity index (χ1v) is 14.8. The van der Waals surface area contributed by atoms with Gasteiger partial charge in [-0.15, -0.1) is 17.9 Å². The molecule has 6 rings (SSSR count). The number of hydrazine groups is 1. The van der Waals surface area contributed by atoms with Crippen LogP contribution in [0.2, 0.25) is 0 Å². The van der Waals surface area contributed by atoms with E-state index in [1.165, 1.54) is 5.01 Å². The monoisotopic (exact) mass is 580 g/mol. The molecule has 4 amide bonds. The highest BCUT2D eigenvalue weighted by atomic mass is 32.1. The molecule has 1 N–H and O–H groups in total. The number of hydrogen-bond donors (Lipinski definition) is 1. The summed E-state index contributed by atoms with van der Waals surface area (Å²) < 4.78 is 1.06. The van der Waals surface area contributed by atoms with Crippen molar-refractivity contribution in [1.82, 2.24) is 30.1 Å². The molecule has 0 bridgehead atoms. The number of nitrogens with zero attached hydrogens (tertiary/aromatic N) is 5. The van der Waals surface area contributed by atoms with Crippen LogP contribution in [0.4, 0.5) is 4.79 Å². The van der Waals surface area contributed by atoms with E-state index in [0.717, 1.165) is 26.9 Å². The van der Waals surface area contributed by atoms with E-state index in [4.69, 9.17) is 0 Å². The van der Waals surface area contributed by atoms with Gasteiger partial charge in [0, 0.05) is 19.5 Å². The zero-order valence-corrected chi connectivity index (χ0v) is 24.0. The molecule has 214 valence electrons. The Hall–Kier alpha value is -4.54. The number of amides is 4. The Morgan fingerprint density at radius 1 is 1.02 bits per heavy atom. The van der Waals surface area contributed by atoms with Crippen LogP contribution in [0.1, 0.15) is 16.7 Å². The predicted molar refractivity (Wildman–Crippen MR) is 162 cm³/mol. The van der Waals surface area contributed by atoms with Crippen LogP contribution in [0.3, 0.4) is 0 Å². The molecule has 0 saturated carbocycles. The molecule has 42 heavy (non-hydrogen) atoms. The summed E-state index contributed by atoms with van der Waals surface area (Å²) in [5.41, 5.74) is 5.58. The van der Waals surface area contributed by atoms with Crippen LogP contribution in [-0.4, -0.2) is 74.5 Å². The summed E-state index contributed by atoms with van der Waals surface area (Å²) in [5, 5.41) is 6.30. The summed E-state index contributed by atoms with van der Waals surface area (Å²) in [6.45, 7) is 5.03. The molecule has 3 aromatic carbocycles. The van der Waals surface area contributed by atoms with E-state index < -0.39 is 12.2 Å². The number of benzene rings is 3. The number of rotatable bonds is 9. The lowest BCUT2D eigenvalue weighted by atomic mass is 10.00. The Morgan fingerprint density at radius 2 is 1.76 bits per heavy atom. The van der Waals surface area contributed by atoms with Crippen LogP contribution in [-0.2, 0) is 29.1 Å². The summed E-state index contributed by atoms with van der Waals surface area (Å²) in [6, 6.07) is 24.4. The highest BCUT2D eigenvalue weighted by molar-refractivity contribution is 7.16. The van der Waals surface area contributed by atoms with Crippen molar-refractivity contribution >= 4 is 39.4 Å². The van der Waals surface area contributed by atoms with Gasteiger partial charge in [0.15, 0.2) is 0 Å². The van der Waals surface area contributed by atoms with Crippen molar-refractivity contribution in [2.45, 2.75) is 31.7 Å². The Morgan fingerprint density at radius 3 is 2.50 bits per heavy atom. The van der Waals surface area contributed by atoms with Crippen molar-refractivity contribution in [3.05, 3.63) is 114 Å². The van der Waals surface area contributed by atoms with Gasteiger partial charge in [-0.3, -0.25) is 14.6 Å². The van der Waals surface area contributed by atoms with Crippen LogP contribution in [0, 0.1) is 0 Å². The molecule has 2 atom stereocenters. The Kier molecular flexibility index (Phi) is 7.98. The van der Waals surface area contributed by atoms with Crippen LogP contribution in [0.15, 0.2) is 97.0 Å². The van der Waals surface area contributed by atoms with E-state index in [1.807, 2.05) is 89.3 Å². The van der Waals surface area contributed by atoms with Gasteiger partial charge in [0.2, 0.25) is 11.8 Å². The molecule has 4 aromatic rings. The van der Waals surface area contributed by atoms with E-state index in [1.54, 1.807) is 27.3 Å². The van der Waals surface area contributed by atoms with Gasteiger partial charge in [0.05, 0.1) is 35.4 Å². The summed E-state index contributed by atoms with van der Waals surface area (Å²) >= 11 is 1.56. The smallest absolute Gasteiger partial charge is 0.332 e. The third-order valence-corrected chi connectivity index (χ3v) is 8.57. The third-order valence-electron chi connectivity index (χ3n) is 7.78. The molecule has 10 heteroatoms. The highest BCUT2D eigenvalue weighted by Gasteiger charge is 2.52. The van der Waals surface area contributed by atoms with Crippen molar-refractivity contribution < 1.29 is 14.4 Å². The molecular weight excluding hydrogens is 548 g/mol. The zero-order valence-electron chi connectivity index (χ0n) is 23.1. The summed E-state index contributed by atoms with van der Waals surface area (Å²) in [5.74, 6) is -0.290. The maximum absolute atomic E-state index is 14.1. The van der Waals surface area contributed by atoms with Crippen LogP contribution < -0.4 is 5.32 Å². The second kappa shape index (κ2) is 12.1. The Balaban J connectivity index is 1.31. The molecule has 0 radical (unpaired) electrons. The molecule has 0 aliphatic carbocycles. The van der Waals surface area contributed by atoms with Gasteiger partial charge < -0.3 is 15.1 Å². The van der Waals surface area contributed by atoms with Gasteiger partial charge in [-0.1, -0.05) is 78.9 Å². The maximum atomic E-state index is 14.1. The molecule has 2 saturated heterocycles. The average Bonchev–Trinajstić information content (AvgIpc) is 3.63. The van der Waals surface area contributed by atoms with Gasteiger partial charge in [-0.25, -0.2) is 9.78 Å². The fourth-order valence-corrected chi connectivity index (χ4v) is 6.52. The van der Waals surface area contributed by atoms with Gasteiger partial charge in [-0.05, 0) is 22.8 Å². The largest absolute Gasteiger partial charge is 0.333 e. The lowest BCUT2D eigenvalue weighted by molar-refractivity contribution is -0.157. The van der Waals surface area contributed by atoms with Crippen LogP contribution in [0.25, 0.3) is 10.2 Å². The first kappa shape index (κ1) is 27.6. The molecule has 9 nitrogen and oxygen atoms in total. The van der Waals surface area contributed by atoms with E-state index >= 15 is 0 Å². The minimum absolute atomic E-state index is 0.00859. The number of aromatic nitrogens is 1. The minimum Gasteiger partial charge on any atom is -0.333 e. The number of urea groups is 1. The fraction of sp³-hybridized carbons (Fsp3) is 0.250. The highest BCUT2D eigenvalue weighted by Crippen LogP contribution is 2.31. The number of carbonyl (C=O) groups excluding carboxylic acids is 3. The van der Waals surface area contributed by atoms with E-state index in [0.29, 0.717) is 19.5 Å². The average molecular weight is 581 g/mol. The first-order chi connectivity index (χ1) is 20.5. The maximum Gasteiger partial charge on any atom is 0.332 e. The Bertz CT molecular complexity index is 1590. The summed E-state index contributed by atoms with van der Waals surface area (Å²) in [4.78, 5) is 49.2.